The molecule has 0 bridgehead atoms. The zero-order chi connectivity index (χ0) is 15.4. The molecule has 0 unspecified atom stereocenters. The number of aryl methyl sites for hydroxylation is 1. The number of nitrogens with zero attached hydrogens (tertiary/aromatic N) is 3. The van der Waals surface area contributed by atoms with Crippen LogP contribution in [0.3, 0.4) is 0 Å². The van der Waals surface area contributed by atoms with E-state index in [0.29, 0.717) is 5.01 Å². The average molecular weight is 324 g/mol. The van der Waals surface area contributed by atoms with Gasteiger partial charge in [0.25, 0.3) is 0 Å². The Morgan fingerprint density at radius 2 is 2.05 bits per heavy atom. The van der Waals surface area contributed by atoms with E-state index in [-0.39, 0.29) is 5.71 Å². The van der Waals surface area contributed by atoms with Gasteiger partial charge in [-0.2, -0.15) is 10.4 Å². The van der Waals surface area contributed by atoms with Crippen molar-refractivity contribution in [2.24, 2.45) is 5.10 Å². The Hall–Kier alpha value is -2.49. The minimum atomic E-state index is 0.286. The molecule has 0 amide bonds. The summed E-state index contributed by atoms with van der Waals surface area (Å²) < 4.78 is 0. The lowest BCUT2D eigenvalue weighted by atomic mass is 10.2. The lowest BCUT2D eigenvalue weighted by Crippen LogP contribution is -2.01. The number of nitrogens with one attached hydrogen (secondary N) is 1. The van der Waals surface area contributed by atoms with Gasteiger partial charge in [-0.25, -0.2) is 4.98 Å². The summed E-state index contributed by atoms with van der Waals surface area (Å²) in [4.78, 5) is 5.58. The Bertz CT molecular complexity index is 824. The molecule has 0 saturated heterocycles. The van der Waals surface area contributed by atoms with Gasteiger partial charge in [0.15, 0.2) is 10.7 Å². The van der Waals surface area contributed by atoms with Gasteiger partial charge >= 0.3 is 0 Å². The van der Waals surface area contributed by atoms with E-state index in [9.17, 15) is 5.26 Å². The SMILES string of the molecule is Cc1ccc(N/N=C(\C#N)c2nc(-c3cccs3)cs2)cc1. The largest absolute Gasteiger partial charge is 0.277 e. The second-order valence-electron chi connectivity index (χ2n) is 4.57. The van der Waals surface area contributed by atoms with Gasteiger partial charge in [0, 0.05) is 5.38 Å². The molecule has 0 fully saturated rings. The maximum absolute atomic E-state index is 9.29. The van der Waals surface area contributed by atoms with Crippen LogP contribution in [0.5, 0.6) is 0 Å². The molecule has 0 spiro atoms. The quantitative estimate of drug-likeness (QED) is 0.567. The van der Waals surface area contributed by atoms with Crippen molar-refractivity contribution in [1.29, 1.82) is 5.26 Å². The molecule has 3 rings (SSSR count). The first-order chi connectivity index (χ1) is 10.8. The minimum absolute atomic E-state index is 0.286. The average Bonchev–Trinajstić information content (AvgIpc) is 3.20. The molecule has 0 aliphatic carbocycles. The zero-order valence-electron chi connectivity index (χ0n) is 11.8. The molecule has 2 aromatic heterocycles. The molecular weight excluding hydrogens is 312 g/mol. The molecular formula is C16H12N4S2. The van der Waals surface area contributed by atoms with Crippen LogP contribution in [0.2, 0.25) is 0 Å². The summed E-state index contributed by atoms with van der Waals surface area (Å²) in [5, 5.41) is 18.0. The third-order valence-corrected chi connectivity index (χ3v) is 4.68. The van der Waals surface area contributed by atoms with Gasteiger partial charge in [0.2, 0.25) is 0 Å². The van der Waals surface area contributed by atoms with Crippen molar-refractivity contribution in [3.63, 3.8) is 0 Å². The fraction of sp³-hybridized carbons (Fsp3) is 0.0625. The van der Waals surface area contributed by atoms with E-state index in [1.807, 2.05) is 54.1 Å². The number of hydrogen-bond acceptors (Lipinski definition) is 6. The highest BCUT2D eigenvalue weighted by molar-refractivity contribution is 7.15. The number of aromatic nitrogens is 1. The minimum Gasteiger partial charge on any atom is -0.277 e. The van der Waals surface area contributed by atoms with Crippen molar-refractivity contribution in [2.75, 3.05) is 5.43 Å². The van der Waals surface area contributed by atoms with Crippen LogP contribution >= 0.6 is 22.7 Å². The molecule has 4 nitrogen and oxygen atoms in total. The summed E-state index contributed by atoms with van der Waals surface area (Å²) in [6.45, 7) is 2.02. The molecule has 0 aliphatic rings. The predicted octanol–water partition coefficient (Wildman–Crippen LogP) is 4.52. The lowest BCUT2D eigenvalue weighted by Gasteiger charge is -2.00. The highest BCUT2D eigenvalue weighted by Gasteiger charge is 2.10. The summed E-state index contributed by atoms with van der Waals surface area (Å²) in [7, 11) is 0. The second-order valence-corrected chi connectivity index (χ2v) is 6.37. The van der Waals surface area contributed by atoms with Gasteiger partial charge < -0.3 is 0 Å². The fourth-order valence-electron chi connectivity index (χ4n) is 1.79. The van der Waals surface area contributed by atoms with Crippen LogP contribution in [0.25, 0.3) is 10.6 Å². The number of thiophene rings is 1. The van der Waals surface area contributed by atoms with E-state index in [2.05, 4.69) is 21.6 Å². The Kier molecular flexibility index (Phi) is 4.28. The van der Waals surface area contributed by atoms with E-state index in [4.69, 9.17) is 0 Å². The van der Waals surface area contributed by atoms with Gasteiger partial charge in [-0.05, 0) is 30.5 Å². The van der Waals surface area contributed by atoms with Crippen molar-refractivity contribution in [2.45, 2.75) is 6.92 Å². The fourth-order valence-corrected chi connectivity index (χ4v) is 3.31. The topological polar surface area (TPSA) is 61.1 Å². The van der Waals surface area contributed by atoms with E-state index >= 15 is 0 Å². The third-order valence-electron chi connectivity index (χ3n) is 2.93. The number of benzene rings is 1. The van der Waals surface area contributed by atoms with Crippen LogP contribution in [0.1, 0.15) is 10.6 Å². The van der Waals surface area contributed by atoms with Crippen molar-refractivity contribution in [3.05, 3.63) is 57.7 Å². The van der Waals surface area contributed by atoms with E-state index in [0.717, 1.165) is 16.3 Å². The normalized spacial score (nSPS) is 11.2. The number of hydrazone groups is 1. The Morgan fingerprint density at radius 3 is 2.73 bits per heavy atom. The van der Waals surface area contributed by atoms with Gasteiger partial charge in [0.05, 0.1) is 16.3 Å². The Morgan fingerprint density at radius 1 is 1.23 bits per heavy atom. The van der Waals surface area contributed by atoms with Crippen LogP contribution < -0.4 is 5.43 Å². The Labute approximate surface area is 136 Å². The molecule has 1 N–H and O–H groups in total. The van der Waals surface area contributed by atoms with Gasteiger partial charge in [0.1, 0.15) is 6.07 Å². The number of rotatable bonds is 4. The van der Waals surface area contributed by atoms with Crippen LogP contribution in [-0.2, 0) is 0 Å². The van der Waals surface area contributed by atoms with Crippen molar-refractivity contribution < 1.29 is 0 Å². The standard InChI is InChI=1S/C16H12N4S2/c1-11-4-6-12(7-5-11)19-20-13(9-17)16-18-14(10-22-16)15-3-2-8-21-15/h2-8,10,19H,1H3/b20-13+. The highest BCUT2D eigenvalue weighted by Crippen LogP contribution is 2.26. The molecule has 108 valence electrons. The summed E-state index contributed by atoms with van der Waals surface area (Å²) in [6, 6.07) is 13.9. The summed E-state index contributed by atoms with van der Waals surface area (Å²) >= 11 is 3.05. The lowest BCUT2D eigenvalue weighted by molar-refractivity contribution is 1.31. The van der Waals surface area contributed by atoms with Crippen LogP contribution in [0, 0.1) is 18.3 Å². The van der Waals surface area contributed by atoms with Crippen molar-refractivity contribution in [3.8, 4) is 16.6 Å². The molecule has 0 saturated carbocycles. The first-order valence-electron chi connectivity index (χ1n) is 6.56. The number of thiazole rings is 1. The molecule has 6 heteroatoms. The maximum Gasteiger partial charge on any atom is 0.196 e. The first-order valence-corrected chi connectivity index (χ1v) is 8.32. The maximum atomic E-state index is 9.29. The summed E-state index contributed by atoms with van der Waals surface area (Å²) in [5.41, 5.74) is 6.09. The molecule has 22 heavy (non-hydrogen) atoms. The van der Waals surface area contributed by atoms with E-state index < -0.39 is 0 Å². The monoisotopic (exact) mass is 324 g/mol. The number of hydrogen-bond donors (Lipinski definition) is 1. The predicted molar refractivity (Wildman–Crippen MR) is 92.4 cm³/mol. The Balaban J connectivity index is 1.80. The summed E-state index contributed by atoms with van der Waals surface area (Å²) in [5.74, 6) is 0. The number of nitriles is 1. The van der Waals surface area contributed by atoms with Gasteiger partial charge in [-0.15, -0.1) is 22.7 Å². The van der Waals surface area contributed by atoms with Crippen LogP contribution in [0.4, 0.5) is 5.69 Å². The van der Waals surface area contributed by atoms with Crippen molar-refractivity contribution in [1.82, 2.24) is 4.98 Å². The van der Waals surface area contributed by atoms with Crippen LogP contribution in [-0.4, -0.2) is 10.7 Å². The van der Waals surface area contributed by atoms with E-state index in [1.54, 1.807) is 11.3 Å². The third kappa shape index (κ3) is 3.22. The molecule has 0 aliphatic heterocycles. The number of anilines is 1. The smallest absolute Gasteiger partial charge is 0.196 e. The van der Waals surface area contributed by atoms with Crippen LogP contribution in [0.15, 0.2) is 52.3 Å². The second kappa shape index (κ2) is 6.52. The highest BCUT2D eigenvalue weighted by atomic mass is 32.1. The van der Waals surface area contributed by atoms with Gasteiger partial charge in [-0.1, -0.05) is 23.8 Å². The molecule has 0 radical (unpaired) electrons. The molecule has 1 aromatic carbocycles. The first kappa shape index (κ1) is 14.4. The zero-order valence-corrected chi connectivity index (χ0v) is 13.4. The molecule has 3 aromatic rings. The van der Waals surface area contributed by atoms with Crippen molar-refractivity contribution >= 4 is 34.1 Å². The molecule has 2 heterocycles. The van der Waals surface area contributed by atoms with Gasteiger partial charge in [-0.3, -0.25) is 5.43 Å². The molecule has 0 atom stereocenters. The van der Waals surface area contributed by atoms with E-state index in [1.165, 1.54) is 16.9 Å². The summed E-state index contributed by atoms with van der Waals surface area (Å²) in [6.07, 6.45) is 0.